The number of anilines is 2. The fraction of sp³-hybridized carbons (Fsp3) is 0.483. The second-order valence-corrected chi connectivity index (χ2v) is 11.0. The van der Waals surface area contributed by atoms with E-state index < -0.39 is 6.17 Å². The van der Waals surface area contributed by atoms with Gasteiger partial charge in [-0.15, -0.1) is 0 Å². The Balaban J connectivity index is 1.26. The first-order valence-electron chi connectivity index (χ1n) is 13.8. The van der Waals surface area contributed by atoms with E-state index in [-0.39, 0.29) is 29.8 Å². The second-order valence-electron chi connectivity index (χ2n) is 11.0. The molecular weight excluding hydrogens is 501 g/mol. The maximum Gasteiger partial charge on any atom is 0.318 e. The third-order valence-electron chi connectivity index (χ3n) is 8.58. The zero-order valence-corrected chi connectivity index (χ0v) is 21.8. The molecule has 3 fully saturated rings. The lowest BCUT2D eigenvalue weighted by molar-refractivity contribution is 0.0996. The second kappa shape index (κ2) is 9.60. The van der Waals surface area contributed by atoms with Gasteiger partial charge in [0.15, 0.2) is 0 Å². The van der Waals surface area contributed by atoms with Gasteiger partial charge in [-0.3, -0.25) is 9.69 Å². The van der Waals surface area contributed by atoms with E-state index in [2.05, 4.69) is 9.80 Å². The van der Waals surface area contributed by atoms with Crippen LogP contribution in [0.15, 0.2) is 36.4 Å². The lowest BCUT2D eigenvalue weighted by Crippen LogP contribution is -2.43. The summed E-state index contributed by atoms with van der Waals surface area (Å²) in [5.74, 6) is 0.438. The lowest BCUT2D eigenvalue weighted by Gasteiger charge is -2.31. The van der Waals surface area contributed by atoms with Gasteiger partial charge in [-0.05, 0) is 37.3 Å². The molecule has 39 heavy (non-hydrogen) atoms. The molecule has 0 unspecified atom stereocenters. The van der Waals surface area contributed by atoms with Gasteiger partial charge in [-0.1, -0.05) is 24.3 Å². The first-order chi connectivity index (χ1) is 19.0. The van der Waals surface area contributed by atoms with Gasteiger partial charge in [0.25, 0.3) is 5.91 Å². The number of hydrogen-bond donors (Lipinski definition) is 1. The van der Waals surface area contributed by atoms with Gasteiger partial charge in [0, 0.05) is 44.1 Å². The van der Waals surface area contributed by atoms with Crippen LogP contribution in [0.25, 0.3) is 10.8 Å². The summed E-state index contributed by atoms with van der Waals surface area (Å²) in [4.78, 5) is 29.4. The average Bonchev–Trinajstić information content (AvgIpc) is 3.46. The molecule has 0 saturated carbocycles. The first kappa shape index (κ1) is 24.5. The van der Waals surface area contributed by atoms with Gasteiger partial charge in [0.1, 0.15) is 29.9 Å². The Morgan fingerprint density at radius 1 is 1.13 bits per heavy atom. The van der Waals surface area contributed by atoms with Gasteiger partial charge in [-0.25, -0.2) is 4.39 Å². The van der Waals surface area contributed by atoms with E-state index in [1.54, 1.807) is 17.0 Å². The number of aromatic hydroxyl groups is 1. The van der Waals surface area contributed by atoms with Crippen LogP contribution in [0.2, 0.25) is 0 Å². The molecule has 2 atom stereocenters. The molecule has 1 aromatic heterocycles. The van der Waals surface area contributed by atoms with Gasteiger partial charge in [0.05, 0.1) is 30.1 Å². The molecule has 3 aromatic rings. The van der Waals surface area contributed by atoms with E-state index in [4.69, 9.17) is 19.4 Å². The molecule has 5 heterocycles. The minimum absolute atomic E-state index is 0.0931. The number of benzene rings is 2. The highest BCUT2D eigenvalue weighted by Gasteiger charge is 2.49. The van der Waals surface area contributed by atoms with Crippen molar-refractivity contribution in [1.82, 2.24) is 14.9 Å². The molecule has 0 spiro atoms. The predicted molar refractivity (Wildman–Crippen MR) is 144 cm³/mol. The summed E-state index contributed by atoms with van der Waals surface area (Å²) < 4.78 is 26.2. The Hall–Kier alpha value is -3.50. The van der Waals surface area contributed by atoms with Crippen LogP contribution in [0, 0.1) is 0 Å². The molecule has 9 nitrogen and oxygen atoms in total. The third-order valence-corrected chi connectivity index (χ3v) is 8.58. The molecule has 0 bridgehead atoms. The number of nitrogens with zero attached hydrogens (tertiary/aromatic N) is 5. The molecular formula is C29H32FN5O4. The molecule has 4 aliphatic heterocycles. The third kappa shape index (κ3) is 4.26. The van der Waals surface area contributed by atoms with Crippen molar-refractivity contribution in [2.75, 3.05) is 55.8 Å². The quantitative estimate of drug-likeness (QED) is 0.531. The van der Waals surface area contributed by atoms with Crippen molar-refractivity contribution in [2.45, 2.75) is 43.9 Å². The highest BCUT2D eigenvalue weighted by Crippen LogP contribution is 2.42. The van der Waals surface area contributed by atoms with Crippen LogP contribution in [-0.4, -0.2) is 83.6 Å². The molecule has 0 aliphatic carbocycles. The SMILES string of the molecule is O=C1c2c(nc(OC[C@@]34CCCN3C[C@H](F)C4)nc2N2CCCOCC2)CN1c1cc(O)cc2ccccc12. The maximum absolute atomic E-state index is 14.3. The number of alkyl halides is 1. The molecule has 7 rings (SSSR count). The largest absolute Gasteiger partial charge is 0.508 e. The molecule has 10 heteroatoms. The number of amides is 1. The van der Waals surface area contributed by atoms with Crippen LogP contribution in [0.4, 0.5) is 15.9 Å². The van der Waals surface area contributed by atoms with Crippen LogP contribution in [0.5, 0.6) is 11.8 Å². The molecule has 1 amide bonds. The average molecular weight is 534 g/mol. The van der Waals surface area contributed by atoms with Crippen LogP contribution < -0.4 is 14.5 Å². The molecule has 1 N–H and O–H groups in total. The van der Waals surface area contributed by atoms with Gasteiger partial charge in [-0.2, -0.15) is 9.97 Å². The number of aromatic nitrogens is 2. The number of carbonyl (C=O) groups is 1. The minimum Gasteiger partial charge on any atom is -0.508 e. The summed E-state index contributed by atoms with van der Waals surface area (Å²) in [6.07, 6.45) is 2.36. The fourth-order valence-electron chi connectivity index (χ4n) is 6.75. The molecule has 2 aromatic carbocycles. The standard InChI is InChI=1S/C29H32FN5O4/c30-20-15-29(7-3-9-34(29)16-20)18-39-28-31-23-17-35(24-14-21(36)13-19-5-1-2-6-22(19)24)27(37)25(23)26(32-28)33-8-4-11-38-12-10-33/h1-2,5-6,13-14,20,36H,3-4,7-12,15-18H2/t20-,29+/m1/s1. The van der Waals surface area contributed by atoms with Crippen molar-refractivity contribution in [1.29, 1.82) is 0 Å². The highest BCUT2D eigenvalue weighted by atomic mass is 19.1. The van der Waals surface area contributed by atoms with E-state index in [1.165, 1.54) is 0 Å². The Morgan fingerprint density at radius 2 is 2.03 bits per heavy atom. The number of fused-ring (bicyclic) bond motifs is 3. The fourth-order valence-corrected chi connectivity index (χ4v) is 6.75. The number of carbonyl (C=O) groups excluding carboxylic acids is 1. The summed E-state index contributed by atoms with van der Waals surface area (Å²) >= 11 is 0. The summed E-state index contributed by atoms with van der Waals surface area (Å²) in [5, 5.41) is 12.2. The number of hydrogen-bond acceptors (Lipinski definition) is 8. The van der Waals surface area contributed by atoms with E-state index >= 15 is 0 Å². The van der Waals surface area contributed by atoms with E-state index in [1.807, 2.05) is 24.3 Å². The summed E-state index contributed by atoms with van der Waals surface area (Å²) in [6.45, 7) is 4.40. The molecule has 4 aliphatic rings. The Labute approximate surface area is 226 Å². The van der Waals surface area contributed by atoms with Crippen molar-refractivity contribution < 1.29 is 23.8 Å². The number of halogens is 1. The van der Waals surface area contributed by atoms with Crippen molar-refractivity contribution in [3.63, 3.8) is 0 Å². The molecule has 0 radical (unpaired) electrons. The Morgan fingerprint density at radius 3 is 2.95 bits per heavy atom. The molecule has 204 valence electrons. The first-order valence-corrected chi connectivity index (χ1v) is 13.8. The van der Waals surface area contributed by atoms with Crippen LogP contribution in [-0.2, 0) is 11.3 Å². The lowest BCUT2D eigenvalue weighted by atomic mass is 9.95. The number of phenolic OH excluding ortho intramolecular Hbond substituents is 1. The van der Waals surface area contributed by atoms with Crippen LogP contribution in [0.3, 0.4) is 0 Å². The maximum atomic E-state index is 14.3. The van der Waals surface area contributed by atoms with Gasteiger partial charge >= 0.3 is 6.01 Å². The van der Waals surface area contributed by atoms with Crippen molar-refractivity contribution in [2.24, 2.45) is 0 Å². The topological polar surface area (TPSA) is 91.3 Å². The van der Waals surface area contributed by atoms with Crippen molar-refractivity contribution >= 4 is 28.2 Å². The summed E-state index contributed by atoms with van der Waals surface area (Å²) in [5.41, 5.74) is 1.36. The Kier molecular flexibility index (Phi) is 6.04. The number of phenols is 1. The van der Waals surface area contributed by atoms with Crippen molar-refractivity contribution in [3.05, 3.63) is 47.7 Å². The Bertz CT molecular complexity index is 1430. The van der Waals surface area contributed by atoms with Crippen LogP contribution >= 0.6 is 0 Å². The van der Waals surface area contributed by atoms with E-state index in [0.29, 0.717) is 68.6 Å². The normalized spacial score (nSPS) is 25.3. The summed E-state index contributed by atoms with van der Waals surface area (Å²) in [7, 11) is 0. The van der Waals surface area contributed by atoms with Gasteiger partial charge in [0.2, 0.25) is 0 Å². The van der Waals surface area contributed by atoms with Crippen molar-refractivity contribution in [3.8, 4) is 11.8 Å². The minimum atomic E-state index is -0.842. The zero-order chi connectivity index (χ0) is 26.6. The highest BCUT2D eigenvalue weighted by molar-refractivity contribution is 6.16. The van der Waals surface area contributed by atoms with E-state index in [9.17, 15) is 14.3 Å². The summed E-state index contributed by atoms with van der Waals surface area (Å²) in [6, 6.07) is 11.2. The number of ether oxygens (including phenoxy) is 2. The predicted octanol–water partition coefficient (Wildman–Crippen LogP) is 3.68. The number of rotatable bonds is 5. The molecule has 3 saturated heterocycles. The zero-order valence-electron chi connectivity index (χ0n) is 21.8. The monoisotopic (exact) mass is 533 g/mol. The smallest absolute Gasteiger partial charge is 0.318 e. The van der Waals surface area contributed by atoms with Gasteiger partial charge < -0.3 is 24.4 Å². The van der Waals surface area contributed by atoms with Crippen LogP contribution in [0.1, 0.15) is 41.7 Å². The van der Waals surface area contributed by atoms with E-state index in [0.717, 1.165) is 36.6 Å².